The fourth-order valence-corrected chi connectivity index (χ4v) is 2.20. The molecule has 0 spiro atoms. The Hall–Kier alpha value is -1.58. The molecule has 0 aromatic carbocycles. The van der Waals surface area contributed by atoms with E-state index in [2.05, 4.69) is 0 Å². The quantitative estimate of drug-likeness (QED) is 0.210. The van der Waals surface area contributed by atoms with E-state index < -0.39 is 0 Å². The Bertz CT molecular complexity index is 336. The van der Waals surface area contributed by atoms with E-state index >= 15 is 0 Å². The van der Waals surface area contributed by atoms with Crippen LogP contribution in [0.4, 0.5) is 0 Å². The van der Waals surface area contributed by atoms with E-state index in [4.69, 9.17) is 9.47 Å². The normalized spacial score (nSPS) is 12.1. The van der Waals surface area contributed by atoms with Crippen molar-refractivity contribution in [3.63, 3.8) is 0 Å². The summed E-state index contributed by atoms with van der Waals surface area (Å²) in [4.78, 5) is 20.9. The Labute approximate surface area is 147 Å². The molecule has 0 fully saturated rings. The van der Waals surface area contributed by atoms with Gasteiger partial charge in [-0.2, -0.15) is 0 Å². The van der Waals surface area contributed by atoms with Crippen molar-refractivity contribution in [2.24, 2.45) is 0 Å². The summed E-state index contributed by atoms with van der Waals surface area (Å²) in [6.45, 7) is 5.52. The fourth-order valence-electron chi connectivity index (χ4n) is 2.20. The zero-order valence-corrected chi connectivity index (χ0v) is 15.4. The standard InChI is InChI=1S/C20H34O4/c1-3-19(11-13-21)17-23-15-9-7-5-6-8-10-16-24-18-20(4-2)12-14-22/h13-14,17-18H,3-12,15-16H2,1-2H3. The van der Waals surface area contributed by atoms with Crippen LogP contribution in [0.15, 0.2) is 23.7 Å². The average molecular weight is 338 g/mol. The lowest BCUT2D eigenvalue weighted by atomic mass is 10.1. The molecule has 0 rings (SSSR count). The Morgan fingerprint density at radius 1 is 0.667 bits per heavy atom. The van der Waals surface area contributed by atoms with Gasteiger partial charge in [0.2, 0.25) is 0 Å². The smallest absolute Gasteiger partial charge is 0.124 e. The highest BCUT2D eigenvalue weighted by Gasteiger charge is 1.96. The number of carbonyl (C=O) groups excluding carboxylic acids is 2. The Morgan fingerprint density at radius 2 is 1.04 bits per heavy atom. The highest BCUT2D eigenvalue weighted by atomic mass is 16.5. The van der Waals surface area contributed by atoms with Gasteiger partial charge in [0, 0.05) is 12.8 Å². The number of hydrogen-bond acceptors (Lipinski definition) is 4. The summed E-state index contributed by atoms with van der Waals surface area (Å²) < 4.78 is 11.0. The summed E-state index contributed by atoms with van der Waals surface area (Å²) in [5.74, 6) is 0. The van der Waals surface area contributed by atoms with E-state index in [0.717, 1.165) is 62.6 Å². The lowest BCUT2D eigenvalue weighted by Gasteiger charge is -2.05. The maximum absolute atomic E-state index is 10.4. The number of unbranched alkanes of at least 4 members (excludes halogenated alkanes) is 5. The van der Waals surface area contributed by atoms with Gasteiger partial charge in [0.15, 0.2) is 0 Å². The zero-order chi connectivity index (χ0) is 17.9. The minimum Gasteiger partial charge on any atom is -0.501 e. The Balaban J connectivity index is 3.42. The van der Waals surface area contributed by atoms with Crippen LogP contribution in [0.5, 0.6) is 0 Å². The molecule has 0 radical (unpaired) electrons. The van der Waals surface area contributed by atoms with Gasteiger partial charge < -0.3 is 19.1 Å². The van der Waals surface area contributed by atoms with Crippen LogP contribution < -0.4 is 0 Å². The summed E-state index contributed by atoms with van der Waals surface area (Å²) in [5.41, 5.74) is 2.11. The topological polar surface area (TPSA) is 52.6 Å². The number of rotatable bonds is 17. The largest absolute Gasteiger partial charge is 0.501 e. The maximum Gasteiger partial charge on any atom is 0.124 e. The molecule has 0 N–H and O–H groups in total. The zero-order valence-electron chi connectivity index (χ0n) is 15.4. The third-order valence-electron chi connectivity index (χ3n) is 3.87. The first-order valence-electron chi connectivity index (χ1n) is 9.24. The number of carbonyl (C=O) groups is 2. The molecule has 0 aromatic rings. The summed E-state index contributed by atoms with van der Waals surface area (Å²) >= 11 is 0. The van der Waals surface area contributed by atoms with Crippen LogP contribution in [0, 0.1) is 0 Å². The summed E-state index contributed by atoms with van der Waals surface area (Å²) in [6, 6.07) is 0. The molecule has 4 heteroatoms. The molecule has 0 amide bonds. The molecule has 0 aliphatic heterocycles. The van der Waals surface area contributed by atoms with Gasteiger partial charge in [0.1, 0.15) is 12.6 Å². The second-order valence-electron chi connectivity index (χ2n) is 5.86. The summed E-state index contributed by atoms with van der Waals surface area (Å²) in [6.07, 6.45) is 14.9. The second-order valence-corrected chi connectivity index (χ2v) is 5.86. The van der Waals surface area contributed by atoms with E-state index in [1.165, 1.54) is 25.7 Å². The predicted octanol–water partition coefficient (Wildman–Crippen LogP) is 5.13. The Morgan fingerprint density at radius 3 is 1.38 bits per heavy atom. The molecule has 0 saturated heterocycles. The molecular formula is C20H34O4. The van der Waals surface area contributed by atoms with E-state index in [1.807, 2.05) is 13.8 Å². The number of allylic oxidation sites excluding steroid dienone is 2. The van der Waals surface area contributed by atoms with Crippen LogP contribution >= 0.6 is 0 Å². The molecule has 0 atom stereocenters. The number of ether oxygens (including phenoxy) is 2. The molecule has 0 unspecified atom stereocenters. The highest BCUT2D eigenvalue weighted by molar-refractivity contribution is 5.54. The molecule has 0 bridgehead atoms. The third kappa shape index (κ3) is 14.0. The van der Waals surface area contributed by atoms with E-state index in [0.29, 0.717) is 12.8 Å². The van der Waals surface area contributed by atoms with Gasteiger partial charge in [-0.1, -0.05) is 39.5 Å². The van der Waals surface area contributed by atoms with Gasteiger partial charge >= 0.3 is 0 Å². The fraction of sp³-hybridized carbons (Fsp3) is 0.700. The molecule has 0 heterocycles. The minimum atomic E-state index is 0.475. The molecule has 0 saturated carbocycles. The highest BCUT2D eigenvalue weighted by Crippen LogP contribution is 2.09. The van der Waals surface area contributed by atoms with Crippen LogP contribution in [0.3, 0.4) is 0 Å². The first kappa shape index (κ1) is 22.4. The molecule has 0 aromatic heterocycles. The first-order chi connectivity index (χ1) is 11.8. The third-order valence-corrected chi connectivity index (χ3v) is 3.87. The lowest BCUT2D eigenvalue weighted by Crippen LogP contribution is -1.93. The van der Waals surface area contributed by atoms with E-state index in [1.54, 1.807) is 12.5 Å². The molecule has 0 aliphatic rings. The van der Waals surface area contributed by atoms with E-state index in [9.17, 15) is 9.59 Å². The molecule has 24 heavy (non-hydrogen) atoms. The molecule has 0 aliphatic carbocycles. The van der Waals surface area contributed by atoms with Gasteiger partial charge in [0.25, 0.3) is 0 Å². The van der Waals surface area contributed by atoms with Crippen LogP contribution in [-0.2, 0) is 19.1 Å². The average Bonchev–Trinajstić information content (AvgIpc) is 2.60. The van der Waals surface area contributed by atoms with Crippen LogP contribution in [0.2, 0.25) is 0 Å². The minimum absolute atomic E-state index is 0.475. The second kappa shape index (κ2) is 17.8. The van der Waals surface area contributed by atoms with Crippen LogP contribution in [0.25, 0.3) is 0 Å². The summed E-state index contributed by atoms with van der Waals surface area (Å²) in [7, 11) is 0. The first-order valence-corrected chi connectivity index (χ1v) is 9.24. The molecular weight excluding hydrogens is 304 g/mol. The van der Waals surface area contributed by atoms with Crippen molar-refractivity contribution < 1.29 is 19.1 Å². The van der Waals surface area contributed by atoms with Crippen LogP contribution in [0.1, 0.15) is 78.1 Å². The molecule has 138 valence electrons. The number of aldehydes is 2. The number of hydrogen-bond donors (Lipinski definition) is 0. The van der Waals surface area contributed by atoms with Crippen molar-refractivity contribution in [3.05, 3.63) is 23.7 Å². The monoisotopic (exact) mass is 338 g/mol. The van der Waals surface area contributed by atoms with Crippen molar-refractivity contribution >= 4 is 12.6 Å². The van der Waals surface area contributed by atoms with Crippen molar-refractivity contribution in [1.29, 1.82) is 0 Å². The SMILES string of the molecule is CCC(=COCCCCCCCCOC=C(CC)CC=O)CC=O. The maximum atomic E-state index is 10.4. The van der Waals surface area contributed by atoms with Gasteiger partial charge in [-0.3, -0.25) is 0 Å². The van der Waals surface area contributed by atoms with Gasteiger partial charge in [-0.15, -0.1) is 0 Å². The van der Waals surface area contributed by atoms with Crippen LogP contribution in [-0.4, -0.2) is 25.8 Å². The van der Waals surface area contributed by atoms with Crippen molar-refractivity contribution in [2.75, 3.05) is 13.2 Å². The van der Waals surface area contributed by atoms with Gasteiger partial charge in [0.05, 0.1) is 25.7 Å². The lowest BCUT2D eigenvalue weighted by molar-refractivity contribution is -0.108. The van der Waals surface area contributed by atoms with E-state index in [-0.39, 0.29) is 0 Å². The van der Waals surface area contributed by atoms with Gasteiger partial charge in [-0.25, -0.2) is 0 Å². The van der Waals surface area contributed by atoms with Crippen molar-refractivity contribution in [2.45, 2.75) is 78.1 Å². The van der Waals surface area contributed by atoms with Crippen molar-refractivity contribution in [1.82, 2.24) is 0 Å². The van der Waals surface area contributed by atoms with Crippen molar-refractivity contribution in [3.8, 4) is 0 Å². The Kier molecular flexibility index (Phi) is 16.6. The summed E-state index contributed by atoms with van der Waals surface area (Å²) in [5, 5.41) is 0. The predicted molar refractivity (Wildman–Crippen MR) is 97.7 cm³/mol. The molecule has 4 nitrogen and oxygen atoms in total. The van der Waals surface area contributed by atoms with Gasteiger partial charge in [-0.05, 0) is 36.8 Å².